The van der Waals surface area contributed by atoms with Gasteiger partial charge in [0, 0.05) is 51.9 Å². The van der Waals surface area contributed by atoms with Gasteiger partial charge in [-0.25, -0.2) is 28.9 Å². The summed E-state index contributed by atoms with van der Waals surface area (Å²) in [6.07, 6.45) is -0.390. The molecular formula is C35H60N8O17P2S. The van der Waals surface area contributed by atoms with Crippen LogP contribution in [0.25, 0.3) is 11.2 Å². The summed E-state index contributed by atoms with van der Waals surface area (Å²) in [5.74, 6) is 1.05. The van der Waals surface area contributed by atoms with Crippen molar-refractivity contribution in [3.05, 3.63) is 12.7 Å². The number of urea groups is 1. The van der Waals surface area contributed by atoms with Crippen molar-refractivity contribution in [2.45, 2.75) is 80.1 Å². The van der Waals surface area contributed by atoms with Gasteiger partial charge in [-0.05, 0) is 19.3 Å². The zero-order valence-electron chi connectivity index (χ0n) is 35.5. The summed E-state index contributed by atoms with van der Waals surface area (Å²) in [6.45, 7) is 1.53. The summed E-state index contributed by atoms with van der Waals surface area (Å²) in [5.41, 5.74) is 6.35. The van der Waals surface area contributed by atoms with Crippen molar-refractivity contribution in [3.8, 4) is 0 Å². The lowest BCUT2D eigenvalue weighted by Crippen LogP contribution is -2.36. The molecule has 9 atom stereocenters. The minimum atomic E-state index is -4.49. The second-order valence-electron chi connectivity index (χ2n) is 14.4. The van der Waals surface area contributed by atoms with Crippen LogP contribution in [0.1, 0.15) is 38.3 Å². The SMILES string of the molecule is COP(=O)(OC)OCC1OC(n2cnc3c(N)ncnc32)C(O)C1OP(=O)(OC)OCC(O)COCCOCCOCCOCCCNC(=O)CCCCC1SCC2NC(=O)NC21. The van der Waals surface area contributed by atoms with Crippen LogP contribution in [0, 0.1) is 0 Å². The first-order valence-corrected chi connectivity index (χ1v) is 24.4. The molecule has 3 aliphatic heterocycles. The number of rotatable bonds is 32. The molecule has 28 heteroatoms. The van der Waals surface area contributed by atoms with E-state index in [1.807, 2.05) is 11.8 Å². The molecule has 2 aromatic heterocycles. The molecule has 3 saturated heterocycles. The second kappa shape index (κ2) is 25.9. The maximum atomic E-state index is 13.6. The highest BCUT2D eigenvalue weighted by molar-refractivity contribution is 8.00. The van der Waals surface area contributed by atoms with Crippen LogP contribution >= 0.6 is 27.4 Å². The minimum absolute atomic E-state index is 0.0309. The zero-order valence-corrected chi connectivity index (χ0v) is 38.1. The van der Waals surface area contributed by atoms with E-state index in [0.29, 0.717) is 57.7 Å². The van der Waals surface area contributed by atoms with Crippen molar-refractivity contribution < 1.29 is 79.8 Å². The molecule has 2 aromatic rings. The Bertz CT molecular complexity index is 1820. The fourth-order valence-corrected chi connectivity index (χ4v) is 10.2. The van der Waals surface area contributed by atoms with Gasteiger partial charge in [0.2, 0.25) is 5.91 Å². The summed E-state index contributed by atoms with van der Waals surface area (Å²) in [7, 11) is -5.24. The van der Waals surface area contributed by atoms with Crippen LogP contribution in [-0.2, 0) is 64.8 Å². The molecule has 5 rings (SSSR count). The normalized spacial score (nSPS) is 24.9. The van der Waals surface area contributed by atoms with Crippen LogP contribution in [-0.4, -0.2) is 183 Å². The Morgan fingerprint density at radius 3 is 2.37 bits per heavy atom. The number of amides is 3. The summed E-state index contributed by atoms with van der Waals surface area (Å²) >= 11 is 1.88. The Labute approximate surface area is 368 Å². The molecular weight excluding hydrogens is 898 g/mol. The largest absolute Gasteiger partial charge is 0.475 e. The molecule has 0 aromatic carbocycles. The molecule has 0 saturated carbocycles. The number of hydrogen-bond acceptors (Lipinski definition) is 22. The minimum Gasteiger partial charge on any atom is -0.388 e. The van der Waals surface area contributed by atoms with Crippen molar-refractivity contribution in [2.24, 2.45) is 0 Å². The predicted octanol–water partition coefficient (Wildman–Crippen LogP) is 0.900. The lowest BCUT2D eigenvalue weighted by molar-refractivity contribution is -0.121. The van der Waals surface area contributed by atoms with Gasteiger partial charge in [-0.1, -0.05) is 6.42 Å². The number of nitrogens with zero attached hydrogens (tertiary/aromatic N) is 4. The monoisotopic (exact) mass is 958 g/mol. The molecule has 0 bridgehead atoms. The molecule has 9 unspecified atom stereocenters. The third-order valence-electron chi connectivity index (χ3n) is 10.0. The zero-order chi connectivity index (χ0) is 45.2. The van der Waals surface area contributed by atoms with Crippen LogP contribution in [0.3, 0.4) is 0 Å². The van der Waals surface area contributed by atoms with Crippen LogP contribution in [0.5, 0.6) is 0 Å². The molecule has 0 aliphatic carbocycles. The van der Waals surface area contributed by atoms with Crippen molar-refractivity contribution in [2.75, 3.05) is 105 Å². The van der Waals surface area contributed by atoms with Crippen LogP contribution in [0.15, 0.2) is 12.7 Å². The maximum Gasteiger partial charge on any atom is 0.475 e. The number of anilines is 1. The lowest BCUT2D eigenvalue weighted by Gasteiger charge is -2.26. The number of aliphatic hydroxyl groups is 2. The Morgan fingerprint density at radius 1 is 0.952 bits per heavy atom. The number of nitrogen functional groups attached to an aromatic ring is 1. The van der Waals surface area contributed by atoms with E-state index in [-0.39, 0.29) is 60.8 Å². The van der Waals surface area contributed by atoms with Gasteiger partial charge in [0.05, 0.1) is 77.9 Å². The molecule has 0 radical (unpaired) electrons. The third-order valence-corrected chi connectivity index (χ3v) is 14.3. The van der Waals surface area contributed by atoms with Crippen LogP contribution in [0.4, 0.5) is 10.6 Å². The number of phosphoric acid groups is 2. The molecule has 25 nitrogen and oxygen atoms in total. The number of fused-ring (bicyclic) bond motifs is 2. The van der Waals surface area contributed by atoms with Crippen molar-refractivity contribution in [1.82, 2.24) is 35.5 Å². The molecule has 3 aliphatic rings. The van der Waals surface area contributed by atoms with E-state index in [1.54, 1.807) is 0 Å². The Morgan fingerprint density at radius 2 is 1.65 bits per heavy atom. The first-order valence-electron chi connectivity index (χ1n) is 20.4. The predicted molar refractivity (Wildman–Crippen MR) is 224 cm³/mol. The number of thioether (sulfide) groups is 1. The number of ether oxygens (including phenoxy) is 5. The molecule has 63 heavy (non-hydrogen) atoms. The van der Waals surface area contributed by atoms with Crippen LogP contribution in [0.2, 0.25) is 0 Å². The number of phosphoric ester groups is 2. The van der Waals surface area contributed by atoms with Gasteiger partial charge in [0.25, 0.3) is 0 Å². The van der Waals surface area contributed by atoms with Gasteiger partial charge in [-0.2, -0.15) is 11.8 Å². The van der Waals surface area contributed by atoms with E-state index in [0.717, 1.165) is 46.3 Å². The van der Waals surface area contributed by atoms with E-state index in [9.17, 15) is 28.9 Å². The molecule has 7 N–H and O–H groups in total. The number of carbonyl (C=O) groups excluding carboxylic acids is 2. The highest BCUT2D eigenvalue weighted by atomic mass is 32.2. The molecule has 3 fully saturated rings. The lowest BCUT2D eigenvalue weighted by atomic mass is 10.0. The second-order valence-corrected chi connectivity index (χ2v) is 19.3. The Balaban J connectivity index is 0.880. The summed E-state index contributed by atoms with van der Waals surface area (Å²) < 4.78 is 86.5. The Kier molecular flexibility index (Phi) is 21.1. The van der Waals surface area contributed by atoms with Crippen LogP contribution < -0.4 is 21.7 Å². The number of unbranched alkanes of at least 4 members (excludes halogenated alkanes) is 1. The first kappa shape index (κ1) is 51.4. The first-order chi connectivity index (χ1) is 30.4. The standard InChI is InChI=1S/C35H60N8O17P2S/c1-50-61(48,51-2)58-19-25-31(30(46)34(59-25)43-22-40-29-32(36)38-21-39-33(29)43)60-62(49,52-3)57-18-23(44)17-56-16-15-55-14-13-54-12-11-53-10-6-9-37-27(45)8-5-4-7-26-28-24(20-63-26)41-35(47)42-28/h21-26,28,30-31,34,44,46H,4-20H2,1-3H3,(H,37,45)(H2,36,38,39)(H2,41,42,47). The molecule has 358 valence electrons. The van der Waals surface area contributed by atoms with E-state index in [1.165, 1.54) is 17.2 Å². The number of carbonyl (C=O) groups is 2. The van der Waals surface area contributed by atoms with Crippen molar-refractivity contribution in [3.63, 3.8) is 0 Å². The summed E-state index contributed by atoms with van der Waals surface area (Å²) in [6, 6.07) is 0.327. The molecule has 0 spiro atoms. The summed E-state index contributed by atoms with van der Waals surface area (Å²) in [4.78, 5) is 35.9. The number of imidazole rings is 1. The number of aromatic nitrogens is 4. The van der Waals surface area contributed by atoms with Gasteiger partial charge in [0.1, 0.15) is 36.3 Å². The highest BCUT2D eigenvalue weighted by Crippen LogP contribution is 2.54. The number of nitrogens with one attached hydrogen (secondary N) is 3. The topological polar surface area (TPSA) is 316 Å². The van der Waals surface area contributed by atoms with Gasteiger partial charge in [0.15, 0.2) is 17.7 Å². The van der Waals surface area contributed by atoms with Crippen molar-refractivity contribution >= 4 is 56.3 Å². The summed E-state index contributed by atoms with van der Waals surface area (Å²) in [5, 5.41) is 31.1. The molecule has 3 amide bonds. The smallest absolute Gasteiger partial charge is 0.388 e. The average Bonchev–Trinajstić information content (AvgIpc) is 4.05. The average molecular weight is 959 g/mol. The van der Waals surface area contributed by atoms with E-state index in [4.69, 9.17) is 56.6 Å². The van der Waals surface area contributed by atoms with Gasteiger partial charge >= 0.3 is 21.7 Å². The highest BCUT2D eigenvalue weighted by Gasteiger charge is 2.51. The number of aliphatic hydroxyl groups excluding tert-OH is 2. The third kappa shape index (κ3) is 15.5. The number of hydrogen-bond donors (Lipinski definition) is 6. The van der Waals surface area contributed by atoms with Gasteiger partial charge < -0.3 is 55.6 Å². The van der Waals surface area contributed by atoms with Gasteiger partial charge in [-0.15, -0.1) is 0 Å². The van der Waals surface area contributed by atoms with E-state index >= 15 is 0 Å². The fraction of sp³-hybridized carbons (Fsp3) is 0.800. The van der Waals surface area contributed by atoms with E-state index < -0.39 is 59.5 Å². The van der Waals surface area contributed by atoms with Gasteiger partial charge in [-0.3, -0.25) is 36.5 Å². The number of nitrogens with two attached hydrogens (primary N) is 1. The molecule has 5 heterocycles. The maximum absolute atomic E-state index is 13.6. The quantitative estimate of drug-likeness (QED) is 0.0337. The fourth-order valence-electron chi connectivity index (χ4n) is 6.76. The van der Waals surface area contributed by atoms with E-state index in [2.05, 4.69) is 30.9 Å². The van der Waals surface area contributed by atoms with Crippen molar-refractivity contribution in [1.29, 1.82) is 0 Å². The Hall–Kier alpha value is -2.62.